The Labute approximate surface area is 153 Å². The summed E-state index contributed by atoms with van der Waals surface area (Å²) in [5.74, 6) is -0.187. The quantitative estimate of drug-likeness (QED) is 0.801. The molecule has 0 aliphatic heterocycles. The van der Waals surface area contributed by atoms with Crippen molar-refractivity contribution in [3.63, 3.8) is 0 Å². The highest BCUT2D eigenvalue weighted by Crippen LogP contribution is 2.17. The highest BCUT2D eigenvalue weighted by molar-refractivity contribution is 7.89. The van der Waals surface area contributed by atoms with Crippen LogP contribution in [0.4, 0.5) is 0 Å². The van der Waals surface area contributed by atoms with Gasteiger partial charge in [-0.15, -0.1) is 0 Å². The van der Waals surface area contributed by atoms with Gasteiger partial charge in [-0.05, 0) is 43.7 Å². The van der Waals surface area contributed by atoms with E-state index in [9.17, 15) is 13.2 Å². The Hall–Kier alpha value is -1.89. The van der Waals surface area contributed by atoms with Gasteiger partial charge in [0, 0.05) is 30.2 Å². The molecular weight excluding hydrogens is 360 g/mol. The Bertz CT molecular complexity index is 849. The van der Waals surface area contributed by atoms with Crippen molar-refractivity contribution in [2.45, 2.75) is 25.3 Å². The summed E-state index contributed by atoms with van der Waals surface area (Å²) in [5, 5.41) is 0.496. The number of hydrogen-bond acceptors (Lipinski definition) is 3. The fourth-order valence-corrected chi connectivity index (χ4v) is 3.64. The molecule has 0 aromatic heterocycles. The molecule has 7 heteroatoms. The molecule has 0 aliphatic carbocycles. The van der Waals surface area contributed by atoms with Crippen LogP contribution >= 0.6 is 11.6 Å². The number of nitrogens with one attached hydrogen (secondary N) is 1. The largest absolute Gasteiger partial charge is 0.339 e. The molecule has 25 heavy (non-hydrogen) atoms. The molecule has 0 saturated heterocycles. The Kier molecular flexibility index (Phi) is 6.58. The molecule has 5 nitrogen and oxygen atoms in total. The second kappa shape index (κ2) is 8.47. The zero-order valence-corrected chi connectivity index (χ0v) is 15.8. The van der Waals surface area contributed by atoms with E-state index < -0.39 is 10.0 Å². The Balaban J connectivity index is 2.21. The molecule has 0 aliphatic rings. The minimum Gasteiger partial charge on any atom is -0.339 e. The van der Waals surface area contributed by atoms with Crippen LogP contribution in [0.5, 0.6) is 0 Å². The van der Waals surface area contributed by atoms with Crippen LogP contribution in [0, 0.1) is 0 Å². The fraction of sp³-hybridized carbons (Fsp3) is 0.278. The molecule has 2 rings (SSSR count). The van der Waals surface area contributed by atoms with E-state index >= 15 is 0 Å². The molecule has 0 atom stereocenters. The van der Waals surface area contributed by atoms with Crippen molar-refractivity contribution in [2.24, 2.45) is 0 Å². The second-order valence-electron chi connectivity index (χ2n) is 5.42. The molecule has 1 N–H and O–H groups in total. The van der Waals surface area contributed by atoms with Crippen molar-refractivity contribution in [2.75, 3.05) is 13.1 Å². The predicted molar refractivity (Wildman–Crippen MR) is 99.2 cm³/mol. The van der Waals surface area contributed by atoms with Crippen LogP contribution in [0.3, 0.4) is 0 Å². The summed E-state index contributed by atoms with van der Waals surface area (Å²) in [4.78, 5) is 14.1. The molecule has 1 amide bonds. The summed E-state index contributed by atoms with van der Waals surface area (Å²) in [6, 6.07) is 13.1. The van der Waals surface area contributed by atoms with Crippen LogP contribution in [0.2, 0.25) is 5.02 Å². The number of carbonyl (C=O) groups excluding carboxylic acids is 1. The summed E-state index contributed by atoms with van der Waals surface area (Å²) < 4.78 is 27.6. The number of nitrogens with zero attached hydrogens (tertiary/aromatic N) is 1. The third kappa shape index (κ3) is 4.81. The lowest BCUT2D eigenvalue weighted by Crippen LogP contribution is -2.30. The molecule has 2 aromatic carbocycles. The topological polar surface area (TPSA) is 66.5 Å². The van der Waals surface area contributed by atoms with Gasteiger partial charge in [0.15, 0.2) is 0 Å². The van der Waals surface area contributed by atoms with Crippen LogP contribution in [-0.4, -0.2) is 32.3 Å². The number of benzene rings is 2. The van der Waals surface area contributed by atoms with Crippen LogP contribution in [-0.2, 0) is 16.6 Å². The van der Waals surface area contributed by atoms with E-state index in [1.54, 1.807) is 41.3 Å². The van der Waals surface area contributed by atoms with E-state index in [-0.39, 0.29) is 17.3 Å². The molecule has 0 bridgehead atoms. The van der Waals surface area contributed by atoms with Gasteiger partial charge in [-0.3, -0.25) is 4.79 Å². The molecule has 0 saturated carbocycles. The Morgan fingerprint density at radius 3 is 2.40 bits per heavy atom. The number of rotatable bonds is 7. The summed E-state index contributed by atoms with van der Waals surface area (Å²) in [5.41, 5.74) is 1.03. The number of carbonyl (C=O) groups is 1. The van der Waals surface area contributed by atoms with E-state index in [1.807, 2.05) is 13.8 Å². The van der Waals surface area contributed by atoms with Gasteiger partial charge in [0.25, 0.3) is 5.91 Å². The van der Waals surface area contributed by atoms with Gasteiger partial charge in [-0.25, -0.2) is 13.1 Å². The molecule has 0 heterocycles. The summed E-state index contributed by atoms with van der Waals surface area (Å²) >= 11 is 6.05. The first-order valence-electron chi connectivity index (χ1n) is 8.01. The van der Waals surface area contributed by atoms with Gasteiger partial charge in [-0.1, -0.05) is 35.9 Å². The average Bonchev–Trinajstić information content (AvgIpc) is 2.62. The van der Waals surface area contributed by atoms with Crippen molar-refractivity contribution in [1.29, 1.82) is 0 Å². The lowest BCUT2D eigenvalue weighted by Gasteiger charge is -2.19. The van der Waals surface area contributed by atoms with Crippen LogP contribution in [0.1, 0.15) is 29.8 Å². The van der Waals surface area contributed by atoms with Gasteiger partial charge < -0.3 is 4.90 Å². The van der Waals surface area contributed by atoms with E-state index in [0.29, 0.717) is 29.2 Å². The van der Waals surface area contributed by atoms with Crippen molar-refractivity contribution < 1.29 is 13.2 Å². The Morgan fingerprint density at radius 2 is 1.76 bits per heavy atom. The van der Waals surface area contributed by atoms with Gasteiger partial charge in [-0.2, -0.15) is 0 Å². The number of amides is 1. The van der Waals surface area contributed by atoms with Crippen LogP contribution < -0.4 is 4.72 Å². The third-order valence-electron chi connectivity index (χ3n) is 3.85. The highest BCUT2D eigenvalue weighted by atomic mass is 35.5. The maximum absolute atomic E-state index is 12.5. The van der Waals surface area contributed by atoms with Crippen molar-refractivity contribution >= 4 is 27.5 Å². The van der Waals surface area contributed by atoms with E-state index in [1.165, 1.54) is 12.1 Å². The first-order chi connectivity index (χ1) is 11.9. The van der Waals surface area contributed by atoms with Crippen molar-refractivity contribution in [3.8, 4) is 0 Å². The van der Waals surface area contributed by atoms with Crippen LogP contribution in [0.15, 0.2) is 53.4 Å². The highest BCUT2D eigenvalue weighted by Gasteiger charge is 2.18. The third-order valence-corrected chi connectivity index (χ3v) is 5.62. The lowest BCUT2D eigenvalue weighted by atomic mass is 10.2. The maximum atomic E-state index is 12.5. The van der Waals surface area contributed by atoms with Gasteiger partial charge in [0.2, 0.25) is 10.0 Å². The zero-order valence-electron chi connectivity index (χ0n) is 14.2. The number of hydrogen-bond donors (Lipinski definition) is 1. The van der Waals surface area contributed by atoms with Gasteiger partial charge >= 0.3 is 0 Å². The monoisotopic (exact) mass is 380 g/mol. The average molecular weight is 381 g/mol. The van der Waals surface area contributed by atoms with E-state index in [2.05, 4.69) is 4.72 Å². The van der Waals surface area contributed by atoms with E-state index in [4.69, 9.17) is 11.6 Å². The standard InChI is InChI=1S/C18H21ClN2O3S/c1-3-21(4-2)18(22)14-9-7-10-16(12-14)25(23,24)20-13-15-8-5-6-11-17(15)19/h5-12,20H,3-4,13H2,1-2H3. The first kappa shape index (κ1) is 19.4. The smallest absolute Gasteiger partial charge is 0.253 e. The molecular formula is C18H21ClN2O3S. The summed E-state index contributed by atoms with van der Waals surface area (Å²) in [6.45, 7) is 4.98. The number of sulfonamides is 1. The predicted octanol–water partition coefficient (Wildman–Crippen LogP) is 3.30. The minimum atomic E-state index is -3.75. The first-order valence-corrected chi connectivity index (χ1v) is 9.87. The maximum Gasteiger partial charge on any atom is 0.253 e. The fourth-order valence-electron chi connectivity index (χ4n) is 2.39. The molecule has 0 spiro atoms. The van der Waals surface area contributed by atoms with Crippen LogP contribution in [0.25, 0.3) is 0 Å². The molecule has 0 unspecified atom stereocenters. The number of halogens is 1. The molecule has 0 radical (unpaired) electrons. The zero-order chi connectivity index (χ0) is 18.4. The second-order valence-corrected chi connectivity index (χ2v) is 7.60. The Morgan fingerprint density at radius 1 is 1.08 bits per heavy atom. The minimum absolute atomic E-state index is 0.0533. The lowest BCUT2D eigenvalue weighted by molar-refractivity contribution is 0.0772. The normalized spacial score (nSPS) is 11.3. The SMILES string of the molecule is CCN(CC)C(=O)c1cccc(S(=O)(=O)NCc2ccccc2Cl)c1. The van der Waals surface area contributed by atoms with Crippen molar-refractivity contribution in [3.05, 3.63) is 64.7 Å². The molecule has 134 valence electrons. The molecule has 2 aromatic rings. The van der Waals surface area contributed by atoms with Crippen molar-refractivity contribution in [1.82, 2.24) is 9.62 Å². The molecule has 0 fully saturated rings. The summed E-state index contributed by atoms with van der Waals surface area (Å²) in [6.07, 6.45) is 0. The van der Waals surface area contributed by atoms with Gasteiger partial charge in [0.05, 0.1) is 4.90 Å². The van der Waals surface area contributed by atoms with E-state index in [0.717, 1.165) is 0 Å². The summed E-state index contributed by atoms with van der Waals surface area (Å²) in [7, 11) is -3.75. The van der Waals surface area contributed by atoms with Gasteiger partial charge in [0.1, 0.15) is 0 Å².